The number of nitrogens with zero attached hydrogens (tertiary/aromatic N) is 2. The zero-order chi connectivity index (χ0) is 20.6. The molecule has 0 unspecified atom stereocenters. The number of ether oxygens (including phenoxy) is 1. The minimum Gasteiger partial charge on any atom is -0.484 e. The summed E-state index contributed by atoms with van der Waals surface area (Å²) in [6, 6.07) is 14.7. The van der Waals surface area contributed by atoms with Crippen LogP contribution in [-0.4, -0.2) is 56.7 Å². The Kier molecular flexibility index (Phi) is 7.53. The molecule has 5 heteroatoms. The third kappa shape index (κ3) is 6.79. The maximum absolute atomic E-state index is 12.0. The molecule has 1 fully saturated rings. The lowest BCUT2D eigenvalue weighted by molar-refractivity contribution is -0.123. The molecule has 2 aromatic carbocycles. The summed E-state index contributed by atoms with van der Waals surface area (Å²) in [5.74, 6) is 0.692. The second kappa shape index (κ2) is 10.3. The van der Waals surface area contributed by atoms with Crippen LogP contribution in [0, 0.1) is 20.8 Å². The average molecular weight is 396 g/mol. The van der Waals surface area contributed by atoms with E-state index in [9.17, 15) is 4.79 Å². The predicted octanol–water partition coefficient (Wildman–Crippen LogP) is 3.32. The fourth-order valence-electron chi connectivity index (χ4n) is 3.80. The number of carbonyl (C=O) groups is 1. The van der Waals surface area contributed by atoms with E-state index in [1.807, 2.05) is 26.0 Å². The highest BCUT2D eigenvalue weighted by Gasteiger charge is 2.16. The first-order valence-electron chi connectivity index (χ1n) is 10.5. The Morgan fingerprint density at radius 2 is 1.69 bits per heavy atom. The van der Waals surface area contributed by atoms with Gasteiger partial charge in [-0.25, -0.2) is 0 Å². The van der Waals surface area contributed by atoms with Gasteiger partial charge in [0.05, 0.1) is 0 Å². The molecule has 29 heavy (non-hydrogen) atoms. The van der Waals surface area contributed by atoms with E-state index >= 15 is 0 Å². The quantitative estimate of drug-likeness (QED) is 0.697. The Morgan fingerprint density at radius 1 is 0.966 bits per heavy atom. The van der Waals surface area contributed by atoms with Gasteiger partial charge >= 0.3 is 0 Å². The fourth-order valence-corrected chi connectivity index (χ4v) is 3.80. The molecule has 1 saturated heterocycles. The van der Waals surface area contributed by atoms with Gasteiger partial charge in [0, 0.05) is 38.4 Å². The van der Waals surface area contributed by atoms with Crippen molar-refractivity contribution in [1.82, 2.24) is 10.2 Å². The molecule has 0 bridgehead atoms. The van der Waals surface area contributed by atoms with Crippen molar-refractivity contribution in [3.8, 4) is 5.75 Å². The minimum atomic E-state index is -0.0616. The van der Waals surface area contributed by atoms with E-state index < -0.39 is 0 Å². The molecular formula is C24H33N3O2. The Hall–Kier alpha value is -2.53. The zero-order valence-corrected chi connectivity index (χ0v) is 17.9. The zero-order valence-electron chi connectivity index (χ0n) is 17.9. The van der Waals surface area contributed by atoms with Crippen molar-refractivity contribution in [1.29, 1.82) is 0 Å². The number of hydrogen-bond donors (Lipinski definition) is 1. The number of hydrogen-bond acceptors (Lipinski definition) is 4. The molecule has 3 rings (SSSR count). The highest BCUT2D eigenvalue weighted by atomic mass is 16.5. The van der Waals surface area contributed by atoms with Gasteiger partial charge in [-0.1, -0.05) is 18.2 Å². The summed E-state index contributed by atoms with van der Waals surface area (Å²) in [6.45, 7) is 12.2. The Morgan fingerprint density at radius 3 is 2.38 bits per heavy atom. The number of nitrogens with one attached hydrogen (secondary N) is 1. The number of benzene rings is 2. The van der Waals surface area contributed by atoms with Crippen LogP contribution < -0.4 is 15.0 Å². The molecule has 1 heterocycles. The van der Waals surface area contributed by atoms with Gasteiger partial charge in [-0.3, -0.25) is 9.69 Å². The third-order valence-electron chi connectivity index (χ3n) is 5.28. The van der Waals surface area contributed by atoms with Gasteiger partial charge in [-0.15, -0.1) is 0 Å². The van der Waals surface area contributed by atoms with Gasteiger partial charge in [0.25, 0.3) is 5.91 Å². The molecule has 0 aromatic heterocycles. The van der Waals surface area contributed by atoms with Crippen molar-refractivity contribution in [3.63, 3.8) is 0 Å². The van der Waals surface area contributed by atoms with Crippen LogP contribution in [0.5, 0.6) is 5.75 Å². The molecule has 1 N–H and O–H groups in total. The maximum Gasteiger partial charge on any atom is 0.257 e. The summed E-state index contributed by atoms with van der Waals surface area (Å²) in [5.41, 5.74) is 4.91. The van der Waals surface area contributed by atoms with Gasteiger partial charge in [0.2, 0.25) is 0 Å². The van der Waals surface area contributed by atoms with Crippen LogP contribution in [0.3, 0.4) is 0 Å². The lowest BCUT2D eigenvalue weighted by Crippen LogP contribution is -2.47. The van der Waals surface area contributed by atoms with Crippen LogP contribution >= 0.6 is 0 Å². The predicted molar refractivity (Wildman–Crippen MR) is 119 cm³/mol. The van der Waals surface area contributed by atoms with E-state index in [-0.39, 0.29) is 12.5 Å². The highest BCUT2D eigenvalue weighted by Crippen LogP contribution is 2.18. The summed E-state index contributed by atoms with van der Waals surface area (Å²) < 4.78 is 5.61. The summed E-state index contributed by atoms with van der Waals surface area (Å²) in [6.07, 6.45) is 0.958. The maximum atomic E-state index is 12.0. The van der Waals surface area contributed by atoms with Gasteiger partial charge in [-0.2, -0.15) is 0 Å². The molecule has 2 aromatic rings. The fraction of sp³-hybridized carbons (Fsp3) is 0.458. The van der Waals surface area contributed by atoms with E-state index in [1.165, 1.54) is 11.3 Å². The molecule has 0 atom stereocenters. The van der Waals surface area contributed by atoms with E-state index in [1.54, 1.807) is 0 Å². The van der Waals surface area contributed by atoms with E-state index in [0.29, 0.717) is 6.54 Å². The number of carbonyl (C=O) groups excluding carboxylic acids is 1. The van der Waals surface area contributed by atoms with Gasteiger partial charge in [0.1, 0.15) is 5.75 Å². The Bertz CT molecular complexity index is 793. The first kappa shape index (κ1) is 21.2. The first-order chi connectivity index (χ1) is 14.0. The lowest BCUT2D eigenvalue weighted by atomic mass is 10.1. The third-order valence-corrected chi connectivity index (χ3v) is 5.28. The lowest BCUT2D eigenvalue weighted by Gasteiger charge is -2.36. The van der Waals surface area contributed by atoms with E-state index in [0.717, 1.165) is 56.0 Å². The van der Waals surface area contributed by atoms with Crippen LogP contribution in [0.25, 0.3) is 0 Å². The van der Waals surface area contributed by atoms with Crippen LogP contribution in [0.1, 0.15) is 23.1 Å². The molecule has 1 aliphatic rings. The van der Waals surface area contributed by atoms with Gasteiger partial charge in [0.15, 0.2) is 6.61 Å². The second-order valence-electron chi connectivity index (χ2n) is 7.98. The normalized spacial score (nSPS) is 14.7. The van der Waals surface area contributed by atoms with Gasteiger partial charge in [-0.05, 0) is 74.7 Å². The molecule has 1 amide bonds. The van der Waals surface area contributed by atoms with Crippen LogP contribution in [0.15, 0.2) is 42.5 Å². The molecule has 0 spiro atoms. The summed E-state index contributed by atoms with van der Waals surface area (Å²) >= 11 is 0. The summed E-state index contributed by atoms with van der Waals surface area (Å²) in [4.78, 5) is 16.9. The first-order valence-corrected chi connectivity index (χ1v) is 10.5. The van der Waals surface area contributed by atoms with Gasteiger partial charge < -0.3 is 15.0 Å². The summed E-state index contributed by atoms with van der Waals surface area (Å²) in [7, 11) is 0. The van der Waals surface area contributed by atoms with Crippen molar-refractivity contribution in [2.45, 2.75) is 27.2 Å². The molecule has 5 nitrogen and oxygen atoms in total. The van der Waals surface area contributed by atoms with Crippen molar-refractivity contribution >= 4 is 11.6 Å². The number of amides is 1. The van der Waals surface area contributed by atoms with E-state index in [4.69, 9.17) is 4.74 Å². The molecule has 1 aliphatic heterocycles. The largest absolute Gasteiger partial charge is 0.484 e. The monoisotopic (exact) mass is 395 g/mol. The molecule has 0 aliphatic carbocycles. The number of aryl methyl sites for hydroxylation is 3. The minimum absolute atomic E-state index is 0.0616. The van der Waals surface area contributed by atoms with Crippen molar-refractivity contribution in [3.05, 3.63) is 59.2 Å². The Balaban J connectivity index is 1.29. The average Bonchev–Trinajstić information content (AvgIpc) is 2.69. The molecule has 0 saturated carbocycles. The van der Waals surface area contributed by atoms with Crippen LogP contribution in [0.4, 0.5) is 5.69 Å². The van der Waals surface area contributed by atoms with Crippen molar-refractivity contribution in [2.75, 3.05) is 50.8 Å². The number of anilines is 1. The standard InChI is InChI=1S/C24H33N3O2/c1-19-6-4-7-22(15-19)27-12-10-26(11-13-27)9-5-8-25-24(28)18-29-23-16-20(2)14-21(3)17-23/h4,6-7,14-17H,5,8-13,18H2,1-3H3,(H,25,28). The number of piperazine rings is 1. The number of rotatable bonds is 8. The topological polar surface area (TPSA) is 44.8 Å². The molecular weight excluding hydrogens is 362 g/mol. The van der Waals surface area contributed by atoms with E-state index in [2.05, 4.69) is 52.4 Å². The SMILES string of the molecule is Cc1cc(C)cc(OCC(=O)NCCCN2CCN(c3cccc(C)c3)CC2)c1. The second-order valence-corrected chi connectivity index (χ2v) is 7.98. The van der Waals surface area contributed by atoms with Crippen molar-refractivity contribution in [2.24, 2.45) is 0 Å². The molecule has 0 radical (unpaired) electrons. The summed E-state index contributed by atoms with van der Waals surface area (Å²) in [5, 5.41) is 2.96. The van der Waals surface area contributed by atoms with Crippen molar-refractivity contribution < 1.29 is 9.53 Å². The highest BCUT2D eigenvalue weighted by molar-refractivity contribution is 5.77. The Labute approximate surface area is 174 Å². The smallest absolute Gasteiger partial charge is 0.257 e. The van der Waals surface area contributed by atoms with Crippen LogP contribution in [-0.2, 0) is 4.79 Å². The molecule has 156 valence electrons. The van der Waals surface area contributed by atoms with Crippen LogP contribution in [0.2, 0.25) is 0 Å².